The van der Waals surface area contributed by atoms with Gasteiger partial charge in [-0.3, -0.25) is 4.98 Å². The molecule has 152 valence electrons. The van der Waals surface area contributed by atoms with Gasteiger partial charge in [-0.2, -0.15) is 18.4 Å². The molecule has 2 aliphatic rings. The summed E-state index contributed by atoms with van der Waals surface area (Å²) in [4.78, 5) is 9.44. The zero-order valence-corrected chi connectivity index (χ0v) is 15.6. The highest BCUT2D eigenvalue weighted by Crippen LogP contribution is 2.57. The molecule has 0 radical (unpaired) electrons. The van der Waals surface area contributed by atoms with E-state index in [-0.39, 0.29) is 11.3 Å². The molecule has 1 aliphatic carbocycles. The van der Waals surface area contributed by atoms with Crippen molar-refractivity contribution in [3.63, 3.8) is 0 Å². The van der Waals surface area contributed by atoms with Gasteiger partial charge in [0.15, 0.2) is 5.69 Å². The van der Waals surface area contributed by atoms with Crippen molar-refractivity contribution in [2.24, 2.45) is 11.3 Å². The second kappa shape index (κ2) is 6.88. The van der Waals surface area contributed by atoms with E-state index < -0.39 is 23.5 Å². The number of aliphatic hydroxyl groups excluding tert-OH is 1. The van der Waals surface area contributed by atoms with E-state index in [1.54, 1.807) is 31.6 Å². The van der Waals surface area contributed by atoms with E-state index in [1.165, 1.54) is 12.3 Å². The van der Waals surface area contributed by atoms with Crippen molar-refractivity contribution < 1.29 is 23.0 Å². The number of ether oxygens (including phenoxy) is 1. The van der Waals surface area contributed by atoms with Crippen molar-refractivity contribution in [3.8, 4) is 11.8 Å². The topological polar surface area (TPSA) is 82.3 Å². The van der Waals surface area contributed by atoms with E-state index in [9.17, 15) is 18.3 Å². The van der Waals surface area contributed by atoms with E-state index in [0.29, 0.717) is 30.1 Å². The fourth-order valence-electron chi connectivity index (χ4n) is 4.47. The Kier molecular flexibility index (Phi) is 4.62. The lowest BCUT2D eigenvalue weighted by molar-refractivity contribution is -0.141. The number of hydrogen-bond donors (Lipinski definition) is 1. The smallest absolute Gasteiger partial charge is 0.434 e. The lowest BCUT2D eigenvalue weighted by Gasteiger charge is -2.60. The summed E-state index contributed by atoms with van der Waals surface area (Å²) in [6.07, 6.45) is 0.681. The third-order valence-electron chi connectivity index (χ3n) is 5.87. The number of methoxy groups -OCH3 is 1. The van der Waals surface area contributed by atoms with Gasteiger partial charge in [0.25, 0.3) is 0 Å². The Balaban J connectivity index is 1.40. The number of alkyl halides is 3. The number of nitriles is 1. The first-order valence-electron chi connectivity index (χ1n) is 9.14. The minimum absolute atomic E-state index is 0.0383. The van der Waals surface area contributed by atoms with Crippen LogP contribution in [0.4, 0.5) is 18.9 Å². The van der Waals surface area contributed by atoms with Crippen LogP contribution < -0.4 is 9.64 Å². The first kappa shape index (κ1) is 19.5. The molecular weight excluding hydrogens is 385 g/mol. The molecule has 1 aliphatic heterocycles. The van der Waals surface area contributed by atoms with Crippen LogP contribution >= 0.6 is 0 Å². The molecule has 0 aromatic carbocycles. The molecule has 6 nitrogen and oxygen atoms in total. The molecule has 3 heterocycles. The number of halogens is 3. The van der Waals surface area contributed by atoms with Crippen LogP contribution in [0, 0.1) is 22.7 Å². The summed E-state index contributed by atoms with van der Waals surface area (Å²) in [5.41, 5.74) is -0.413. The average molecular weight is 404 g/mol. The molecule has 1 saturated carbocycles. The lowest BCUT2D eigenvalue weighted by Crippen LogP contribution is -2.63. The fourth-order valence-corrected chi connectivity index (χ4v) is 4.47. The summed E-state index contributed by atoms with van der Waals surface area (Å²) >= 11 is 0. The van der Waals surface area contributed by atoms with Crippen molar-refractivity contribution in [2.75, 3.05) is 25.1 Å². The molecule has 1 unspecified atom stereocenters. The summed E-state index contributed by atoms with van der Waals surface area (Å²) in [6, 6.07) is 4.54. The minimum Gasteiger partial charge on any atom is -0.496 e. The van der Waals surface area contributed by atoms with Crippen LogP contribution in [0.25, 0.3) is 0 Å². The molecule has 0 amide bonds. The van der Waals surface area contributed by atoms with Gasteiger partial charge >= 0.3 is 6.18 Å². The van der Waals surface area contributed by atoms with Gasteiger partial charge in [-0.05, 0) is 30.9 Å². The molecular formula is C20H19F3N4O2. The van der Waals surface area contributed by atoms with Crippen LogP contribution in [0.3, 0.4) is 0 Å². The normalized spacial score (nSPS) is 19.2. The Morgan fingerprint density at radius 1 is 1.34 bits per heavy atom. The first-order valence-corrected chi connectivity index (χ1v) is 9.14. The van der Waals surface area contributed by atoms with E-state index in [1.807, 2.05) is 4.90 Å². The Labute approximate surface area is 165 Å². The number of hydrogen-bond acceptors (Lipinski definition) is 6. The molecule has 1 saturated heterocycles. The van der Waals surface area contributed by atoms with Crippen LogP contribution in [0.2, 0.25) is 0 Å². The molecule has 1 spiro atoms. The van der Waals surface area contributed by atoms with Gasteiger partial charge in [-0.15, -0.1) is 0 Å². The molecule has 9 heteroatoms. The maximum Gasteiger partial charge on any atom is 0.434 e. The number of rotatable bonds is 4. The molecule has 2 aromatic rings. The molecule has 29 heavy (non-hydrogen) atoms. The molecule has 1 atom stereocenters. The number of pyridine rings is 2. The Morgan fingerprint density at radius 2 is 2.07 bits per heavy atom. The fraction of sp³-hybridized carbons (Fsp3) is 0.450. The maximum absolute atomic E-state index is 12.9. The second-order valence-electron chi connectivity index (χ2n) is 7.79. The number of aromatic nitrogens is 2. The molecule has 4 rings (SSSR count). The minimum atomic E-state index is -4.65. The van der Waals surface area contributed by atoms with Crippen LogP contribution in [0.15, 0.2) is 30.7 Å². The Morgan fingerprint density at radius 3 is 2.69 bits per heavy atom. The second-order valence-corrected chi connectivity index (χ2v) is 7.79. The maximum atomic E-state index is 12.9. The van der Waals surface area contributed by atoms with E-state index in [4.69, 9.17) is 10.00 Å². The summed E-state index contributed by atoms with van der Waals surface area (Å²) < 4.78 is 44.0. The standard InChI is InChI=1S/C20H19F3N4O2/c1-29-16-2-3-25-9-15(16)17(28)13-5-19(6-13)10-27(11-19)14-4-12(7-24)18(26-8-14)20(21,22)23/h2-4,8-9,13,17,28H,5-6,10-11H2,1H3. The van der Waals surface area contributed by atoms with E-state index in [2.05, 4.69) is 9.97 Å². The highest BCUT2D eigenvalue weighted by molar-refractivity contribution is 5.54. The quantitative estimate of drug-likeness (QED) is 0.842. The molecule has 2 aromatic heterocycles. The zero-order valence-electron chi connectivity index (χ0n) is 15.6. The van der Waals surface area contributed by atoms with Crippen LogP contribution in [-0.4, -0.2) is 35.3 Å². The summed E-state index contributed by atoms with van der Waals surface area (Å²) in [6.45, 7) is 1.33. The summed E-state index contributed by atoms with van der Waals surface area (Å²) in [5, 5.41) is 19.7. The molecule has 2 fully saturated rings. The molecule has 0 bridgehead atoms. The van der Waals surface area contributed by atoms with Crippen LogP contribution in [0.1, 0.15) is 35.8 Å². The van der Waals surface area contributed by atoms with Gasteiger partial charge in [0.1, 0.15) is 11.8 Å². The lowest BCUT2D eigenvalue weighted by atomic mass is 9.55. The van der Waals surface area contributed by atoms with Gasteiger partial charge in [0.05, 0.1) is 30.7 Å². The van der Waals surface area contributed by atoms with Crippen molar-refractivity contribution in [2.45, 2.75) is 25.1 Å². The SMILES string of the molecule is COc1ccncc1C(O)C1CC2(C1)CN(c1cnc(C(F)(F)F)c(C#N)c1)C2. The first-order chi connectivity index (χ1) is 13.8. The van der Waals surface area contributed by atoms with Gasteiger partial charge < -0.3 is 14.7 Å². The van der Waals surface area contributed by atoms with Gasteiger partial charge in [0, 0.05) is 36.5 Å². The van der Waals surface area contributed by atoms with Crippen molar-refractivity contribution in [1.29, 1.82) is 5.26 Å². The summed E-state index contributed by atoms with van der Waals surface area (Å²) in [5.74, 6) is 0.680. The number of nitrogens with zero attached hydrogens (tertiary/aromatic N) is 4. The third kappa shape index (κ3) is 3.38. The zero-order chi connectivity index (χ0) is 20.8. The third-order valence-corrected chi connectivity index (χ3v) is 5.87. The summed E-state index contributed by atoms with van der Waals surface area (Å²) in [7, 11) is 1.55. The number of aliphatic hydroxyl groups is 1. The highest BCUT2D eigenvalue weighted by atomic mass is 19.4. The van der Waals surface area contributed by atoms with Gasteiger partial charge in [-0.1, -0.05) is 0 Å². The number of anilines is 1. The largest absolute Gasteiger partial charge is 0.496 e. The van der Waals surface area contributed by atoms with Crippen molar-refractivity contribution in [3.05, 3.63) is 47.5 Å². The Bertz CT molecular complexity index is 959. The predicted octanol–water partition coefficient (Wildman–Crippen LogP) is 3.33. The monoisotopic (exact) mass is 404 g/mol. The highest BCUT2D eigenvalue weighted by Gasteiger charge is 2.54. The average Bonchev–Trinajstić information content (AvgIpc) is 2.64. The van der Waals surface area contributed by atoms with E-state index in [0.717, 1.165) is 12.8 Å². The van der Waals surface area contributed by atoms with Crippen LogP contribution in [-0.2, 0) is 6.18 Å². The van der Waals surface area contributed by atoms with Gasteiger partial charge in [0.2, 0.25) is 0 Å². The Hall–Kier alpha value is -2.86. The van der Waals surface area contributed by atoms with Crippen LogP contribution in [0.5, 0.6) is 5.75 Å². The van der Waals surface area contributed by atoms with E-state index >= 15 is 0 Å². The van der Waals surface area contributed by atoms with Crippen molar-refractivity contribution >= 4 is 5.69 Å². The van der Waals surface area contributed by atoms with Crippen molar-refractivity contribution in [1.82, 2.24) is 9.97 Å². The molecule has 1 N–H and O–H groups in total. The predicted molar refractivity (Wildman–Crippen MR) is 97.1 cm³/mol. The van der Waals surface area contributed by atoms with Gasteiger partial charge in [-0.25, -0.2) is 4.98 Å².